The Bertz CT molecular complexity index is 536. The van der Waals surface area contributed by atoms with E-state index in [0.717, 1.165) is 0 Å². The molecule has 0 aliphatic heterocycles. The zero-order chi connectivity index (χ0) is 13.6. The molecule has 0 unspecified atom stereocenters. The molecule has 18 heavy (non-hydrogen) atoms. The molecule has 1 rings (SSSR count). The molecule has 1 aromatic rings. The van der Waals surface area contributed by atoms with Crippen LogP contribution < -0.4 is 5.43 Å². The van der Waals surface area contributed by atoms with Crippen LogP contribution in [0.3, 0.4) is 0 Å². The zero-order valence-electron chi connectivity index (χ0n) is 10.4. The second-order valence-corrected chi connectivity index (χ2v) is 6.12. The molecule has 1 N–H and O–H groups in total. The lowest BCUT2D eigenvalue weighted by molar-refractivity contribution is -0.111. The van der Waals surface area contributed by atoms with Gasteiger partial charge in [0.2, 0.25) is 0 Å². The van der Waals surface area contributed by atoms with Crippen molar-refractivity contribution in [3.63, 3.8) is 0 Å². The third kappa shape index (κ3) is 4.67. The van der Waals surface area contributed by atoms with Crippen LogP contribution in [0, 0.1) is 0 Å². The lowest BCUT2D eigenvalue weighted by Gasteiger charge is -2.04. The Morgan fingerprint density at radius 3 is 2.39 bits per heavy atom. The minimum atomic E-state index is -3.26. The van der Waals surface area contributed by atoms with Gasteiger partial charge in [-0.15, -0.1) is 0 Å². The van der Waals surface area contributed by atoms with Gasteiger partial charge in [-0.1, -0.05) is 25.1 Å². The Morgan fingerprint density at radius 2 is 1.89 bits per heavy atom. The van der Waals surface area contributed by atoms with Crippen LogP contribution in [0.15, 0.2) is 35.4 Å². The number of anilines is 1. The monoisotopic (exact) mass is 268 g/mol. The van der Waals surface area contributed by atoms with Crippen LogP contribution in [0.5, 0.6) is 0 Å². The molecule has 6 heteroatoms. The van der Waals surface area contributed by atoms with Crippen LogP contribution in [-0.4, -0.2) is 31.4 Å². The number of Topliss-reactive ketones (excluding diaryl/α,β-unsaturated/α-hetero) is 1. The average molecular weight is 268 g/mol. The van der Waals surface area contributed by atoms with E-state index >= 15 is 0 Å². The highest BCUT2D eigenvalue weighted by atomic mass is 32.2. The fraction of sp³-hybridized carbons (Fsp3) is 0.333. The second kappa shape index (κ2) is 6.30. The summed E-state index contributed by atoms with van der Waals surface area (Å²) in [6, 6.07) is 9.02. The van der Waals surface area contributed by atoms with E-state index in [4.69, 9.17) is 0 Å². The first-order chi connectivity index (χ1) is 8.44. The molecule has 0 aliphatic rings. The quantitative estimate of drug-likeness (QED) is 0.626. The summed E-state index contributed by atoms with van der Waals surface area (Å²) < 4.78 is 22.9. The molecule has 0 spiro atoms. The minimum absolute atomic E-state index is 0.00929. The number of sulfone groups is 1. The average Bonchev–Trinajstić information content (AvgIpc) is 2.35. The van der Waals surface area contributed by atoms with Crippen LogP contribution in [0.25, 0.3) is 0 Å². The van der Waals surface area contributed by atoms with Crippen molar-refractivity contribution >= 4 is 27.0 Å². The third-order valence-electron chi connectivity index (χ3n) is 2.30. The maximum atomic E-state index is 11.5. The summed E-state index contributed by atoms with van der Waals surface area (Å²) in [6.07, 6.45) is 0. The number of hydrogen-bond donors (Lipinski definition) is 1. The van der Waals surface area contributed by atoms with Gasteiger partial charge < -0.3 is 0 Å². The molecule has 0 heterocycles. The van der Waals surface area contributed by atoms with E-state index in [1.165, 1.54) is 13.8 Å². The van der Waals surface area contributed by atoms with Crippen LogP contribution in [0.4, 0.5) is 5.69 Å². The van der Waals surface area contributed by atoms with Gasteiger partial charge in [0.25, 0.3) is 0 Å². The number of hydrogen-bond acceptors (Lipinski definition) is 5. The highest BCUT2D eigenvalue weighted by Crippen LogP contribution is 2.05. The molecule has 0 bridgehead atoms. The van der Waals surface area contributed by atoms with E-state index in [1.54, 1.807) is 12.1 Å². The first kappa shape index (κ1) is 14.4. The number of carbonyl (C=O) groups is 1. The van der Waals surface area contributed by atoms with E-state index in [2.05, 4.69) is 10.5 Å². The molecule has 0 amide bonds. The number of hydrazone groups is 1. The van der Waals surface area contributed by atoms with Crippen molar-refractivity contribution in [1.29, 1.82) is 0 Å². The van der Waals surface area contributed by atoms with Gasteiger partial charge in [0.15, 0.2) is 15.6 Å². The normalized spacial score (nSPS) is 12.2. The zero-order valence-corrected chi connectivity index (χ0v) is 11.2. The Labute approximate surface area is 107 Å². The number of para-hydroxylation sites is 1. The molecule has 98 valence electrons. The van der Waals surface area contributed by atoms with Gasteiger partial charge >= 0.3 is 0 Å². The molecule has 0 radical (unpaired) electrons. The van der Waals surface area contributed by atoms with E-state index in [0.29, 0.717) is 5.69 Å². The van der Waals surface area contributed by atoms with E-state index in [-0.39, 0.29) is 23.0 Å². The summed E-state index contributed by atoms with van der Waals surface area (Å²) in [7, 11) is -3.26. The van der Waals surface area contributed by atoms with Crippen LogP contribution >= 0.6 is 0 Å². The number of rotatable bonds is 6. The maximum Gasteiger partial charge on any atom is 0.176 e. The Hall–Kier alpha value is -1.69. The fourth-order valence-electron chi connectivity index (χ4n) is 1.17. The van der Waals surface area contributed by atoms with Gasteiger partial charge in [-0.25, -0.2) is 8.42 Å². The van der Waals surface area contributed by atoms with Crippen LogP contribution in [-0.2, 0) is 14.6 Å². The summed E-state index contributed by atoms with van der Waals surface area (Å²) in [6.45, 7) is 2.84. The lowest BCUT2D eigenvalue weighted by Crippen LogP contribution is -2.24. The maximum absolute atomic E-state index is 11.5. The predicted molar refractivity (Wildman–Crippen MR) is 72.5 cm³/mol. The van der Waals surface area contributed by atoms with Gasteiger partial charge in [0, 0.05) is 12.7 Å². The SMILES string of the molecule is CCS(=O)(=O)CC(=NNc1ccccc1)C(C)=O. The molecule has 0 aliphatic carbocycles. The number of nitrogens with zero attached hydrogens (tertiary/aromatic N) is 1. The standard InChI is InChI=1S/C12H16N2O3S/c1-3-18(16,17)9-12(10(2)15)14-13-11-7-5-4-6-8-11/h4-8,13H,3,9H2,1-2H3. The van der Waals surface area contributed by atoms with Gasteiger partial charge in [-0.05, 0) is 12.1 Å². The van der Waals surface area contributed by atoms with Gasteiger partial charge in [0.05, 0.1) is 11.4 Å². The van der Waals surface area contributed by atoms with Crippen molar-refractivity contribution < 1.29 is 13.2 Å². The van der Waals surface area contributed by atoms with Crippen LogP contribution in [0.2, 0.25) is 0 Å². The van der Waals surface area contributed by atoms with E-state index < -0.39 is 9.84 Å². The van der Waals surface area contributed by atoms with Crippen molar-refractivity contribution in [2.75, 3.05) is 16.9 Å². The molecule has 0 saturated carbocycles. The Morgan fingerprint density at radius 1 is 1.28 bits per heavy atom. The number of nitrogens with one attached hydrogen (secondary N) is 1. The van der Waals surface area contributed by atoms with Gasteiger partial charge in [-0.2, -0.15) is 5.10 Å². The summed E-state index contributed by atoms with van der Waals surface area (Å²) in [5, 5.41) is 3.86. The third-order valence-corrected chi connectivity index (χ3v) is 3.89. The first-order valence-corrected chi connectivity index (χ1v) is 7.35. The Kier molecular flexibility index (Phi) is 5.03. The minimum Gasteiger partial charge on any atom is -0.293 e. The van der Waals surface area contributed by atoms with Gasteiger partial charge in [-0.3, -0.25) is 10.2 Å². The molecule has 1 aromatic carbocycles. The molecule has 0 aromatic heterocycles. The van der Waals surface area contributed by atoms with Crippen LogP contribution in [0.1, 0.15) is 13.8 Å². The molecule has 0 saturated heterocycles. The topological polar surface area (TPSA) is 75.6 Å². The van der Waals surface area contributed by atoms with Gasteiger partial charge in [0.1, 0.15) is 5.71 Å². The van der Waals surface area contributed by atoms with Crippen molar-refractivity contribution in [3.05, 3.63) is 30.3 Å². The highest BCUT2D eigenvalue weighted by Gasteiger charge is 2.16. The largest absolute Gasteiger partial charge is 0.293 e. The summed E-state index contributed by atoms with van der Waals surface area (Å²) in [4.78, 5) is 11.3. The summed E-state index contributed by atoms with van der Waals surface area (Å²) in [5.74, 6) is -0.695. The number of carbonyl (C=O) groups excluding carboxylic acids is 1. The van der Waals surface area contributed by atoms with E-state index in [1.807, 2.05) is 18.2 Å². The second-order valence-electron chi connectivity index (χ2n) is 3.77. The van der Waals surface area contributed by atoms with Crippen molar-refractivity contribution in [3.8, 4) is 0 Å². The smallest absolute Gasteiger partial charge is 0.176 e. The van der Waals surface area contributed by atoms with Crippen molar-refractivity contribution in [2.45, 2.75) is 13.8 Å². The molecule has 0 fully saturated rings. The molecular weight excluding hydrogens is 252 g/mol. The number of benzene rings is 1. The predicted octanol–water partition coefficient (Wildman–Crippen LogP) is 1.48. The summed E-state index contributed by atoms with van der Waals surface area (Å²) in [5.41, 5.74) is 3.39. The van der Waals surface area contributed by atoms with E-state index in [9.17, 15) is 13.2 Å². The molecule has 0 atom stereocenters. The molecular formula is C12H16N2O3S. The first-order valence-electron chi connectivity index (χ1n) is 5.53. The van der Waals surface area contributed by atoms with Crippen molar-refractivity contribution in [2.24, 2.45) is 5.10 Å². The molecule has 5 nitrogen and oxygen atoms in total. The van der Waals surface area contributed by atoms with Crippen molar-refractivity contribution in [1.82, 2.24) is 0 Å². The highest BCUT2D eigenvalue weighted by molar-refractivity contribution is 7.92. The number of ketones is 1. The fourth-order valence-corrected chi connectivity index (χ4v) is 2.06. The lowest BCUT2D eigenvalue weighted by atomic mass is 10.3. The summed E-state index contributed by atoms with van der Waals surface area (Å²) >= 11 is 0. The Balaban J connectivity index is 2.83.